The highest BCUT2D eigenvalue weighted by Gasteiger charge is 2.44. The van der Waals surface area contributed by atoms with Crippen molar-refractivity contribution in [3.63, 3.8) is 0 Å². The van der Waals surface area contributed by atoms with Crippen LogP contribution in [0.15, 0.2) is 41.4 Å². The lowest BCUT2D eigenvalue weighted by Crippen LogP contribution is -2.49. The van der Waals surface area contributed by atoms with E-state index in [0.29, 0.717) is 11.4 Å². The summed E-state index contributed by atoms with van der Waals surface area (Å²) in [5, 5.41) is 30.8. The molecular weight excluding hydrogens is 394 g/mol. The first-order chi connectivity index (χ1) is 14.2. The smallest absolute Gasteiger partial charge is 0.291 e. The number of hydrogen-bond donors (Lipinski definition) is 6. The van der Waals surface area contributed by atoms with E-state index in [4.69, 9.17) is 21.0 Å². The van der Waals surface area contributed by atoms with Crippen molar-refractivity contribution < 1.29 is 15.1 Å². The molecule has 1 aliphatic heterocycles. The first-order valence-corrected chi connectivity index (χ1v) is 10.1. The molecule has 0 saturated carbocycles. The Labute approximate surface area is 182 Å². The number of phenolic OH excluding ortho intramolecular Hbond substituents is 2. The molecule has 0 radical (unpaired) electrons. The van der Waals surface area contributed by atoms with Gasteiger partial charge in [-0.1, -0.05) is 41.5 Å². The molecule has 31 heavy (non-hydrogen) atoms. The molecular formula is C23H31N5O3. The van der Waals surface area contributed by atoms with Crippen LogP contribution in [0.4, 0.5) is 0 Å². The van der Waals surface area contributed by atoms with Crippen LogP contribution >= 0.6 is 0 Å². The van der Waals surface area contributed by atoms with Gasteiger partial charge in [0.1, 0.15) is 11.5 Å². The van der Waals surface area contributed by atoms with Gasteiger partial charge in [-0.2, -0.15) is 0 Å². The SMILES string of the molecule is CC(C)(C)c1cc(O)ccc1C1=NC(NC(=N)N)(c2ccc(O)cc2C(C)(C)C)ON1. The van der Waals surface area contributed by atoms with E-state index in [0.717, 1.165) is 16.7 Å². The second-order valence-corrected chi connectivity index (χ2v) is 9.81. The van der Waals surface area contributed by atoms with E-state index in [1.807, 2.05) is 41.5 Å². The van der Waals surface area contributed by atoms with Crippen molar-refractivity contribution in [1.29, 1.82) is 5.41 Å². The summed E-state index contributed by atoms with van der Waals surface area (Å²) in [7, 11) is 0. The first kappa shape index (κ1) is 22.4. The number of hydroxylamine groups is 1. The van der Waals surface area contributed by atoms with Gasteiger partial charge >= 0.3 is 0 Å². The van der Waals surface area contributed by atoms with Gasteiger partial charge in [0.05, 0.1) is 0 Å². The van der Waals surface area contributed by atoms with Gasteiger partial charge in [-0.3, -0.25) is 5.41 Å². The molecule has 2 aromatic carbocycles. The van der Waals surface area contributed by atoms with Gasteiger partial charge in [0, 0.05) is 11.1 Å². The second kappa shape index (κ2) is 7.46. The van der Waals surface area contributed by atoms with Crippen LogP contribution in [0.3, 0.4) is 0 Å². The molecule has 166 valence electrons. The molecule has 7 N–H and O–H groups in total. The third-order valence-electron chi connectivity index (χ3n) is 5.11. The summed E-state index contributed by atoms with van der Waals surface area (Å²) in [5.41, 5.74) is 11.0. The van der Waals surface area contributed by atoms with Gasteiger partial charge in [0.15, 0.2) is 11.8 Å². The molecule has 0 fully saturated rings. The van der Waals surface area contributed by atoms with Gasteiger partial charge in [-0.25, -0.2) is 15.3 Å². The monoisotopic (exact) mass is 425 g/mol. The van der Waals surface area contributed by atoms with E-state index in [-0.39, 0.29) is 28.3 Å². The maximum Gasteiger partial charge on any atom is 0.291 e. The summed E-state index contributed by atoms with van der Waals surface area (Å²) in [6.45, 7) is 12.2. The van der Waals surface area contributed by atoms with Crippen LogP contribution in [0.25, 0.3) is 0 Å². The third-order valence-corrected chi connectivity index (χ3v) is 5.11. The van der Waals surface area contributed by atoms with Crippen molar-refractivity contribution >= 4 is 11.8 Å². The number of aromatic hydroxyl groups is 2. The quantitative estimate of drug-likeness (QED) is 0.330. The molecule has 1 unspecified atom stereocenters. The number of aliphatic imine (C=N–C) groups is 1. The minimum Gasteiger partial charge on any atom is -0.508 e. The van der Waals surface area contributed by atoms with Crippen LogP contribution in [0, 0.1) is 5.41 Å². The Morgan fingerprint density at radius 2 is 1.55 bits per heavy atom. The molecule has 0 amide bonds. The maximum atomic E-state index is 10.1. The predicted molar refractivity (Wildman–Crippen MR) is 121 cm³/mol. The van der Waals surface area contributed by atoms with Crippen molar-refractivity contribution in [2.45, 2.75) is 58.2 Å². The Hall–Kier alpha value is -3.26. The number of amidine groups is 1. The van der Waals surface area contributed by atoms with Crippen LogP contribution in [0.2, 0.25) is 0 Å². The minimum atomic E-state index is -1.51. The van der Waals surface area contributed by atoms with E-state index < -0.39 is 5.85 Å². The van der Waals surface area contributed by atoms with Crippen LogP contribution in [-0.2, 0) is 21.5 Å². The average Bonchev–Trinajstić information content (AvgIpc) is 3.04. The Bertz CT molecular complexity index is 1050. The van der Waals surface area contributed by atoms with Gasteiger partial charge in [0.25, 0.3) is 5.85 Å². The van der Waals surface area contributed by atoms with E-state index in [1.54, 1.807) is 36.4 Å². The summed E-state index contributed by atoms with van der Waals surface area (Å²) in [4.78, 5) is 10.7. The normalized spacial score (nSPS) is 19.0. The molecule has 0 aliphatic carbocycles. The minimum absolute atomic E-state index is 0.121. The number of hydrogen-bond acceptors (Lipinski definition) is 6. The number of guanidine groups is 1. The highest BCUT2D eigenvalue weighted by atomic mass is 16.7. The standard InChI is InChI=1S/C23H31N5O3/c1-21(2,3)17-11-13(29)7-9-15(17)19-26-23(31-28-19,27-20(24)25)16-10-8-14(30)12-18(16)22(4,5)6/h7-12,29-30H,1-6H3,(H,26,28)(H4,24,25,27). The number of phenols is 2. The molecule has 0 bridgehead atoms. The molecule has 0 saturated heterocycles. The molecule has 1 aliphatic rings. The summed E-state index contributed by atoms with van der Waals surface area (Å²) >= 11 is 0. The fourth-order valence-electron chi connectivity index (χ4n) is 3.67. The third kappa shape index (κ3) is 4.44. The molecule has 1 atom stereocenters. The lowest BCUT2D eigenvalue weighted by atomic mass is 9.82. The van der Waals surface area contributed by atoms with Gasteiger partial charge in [0.2, 0.25) is 0 Å². The molecule has 8 heteroatoms. The topological polar surface area (TPSA) is 136 Å². The number of nitrogens with one attached hydrogen (secondary N) is 3. The number of nitrogens with two attached hydrogens (primary N) is 1. The van der Waals surface area contributed by atoms with E-state index >= 15 is 0 Å². The van der Waals surface area contributed by atoms with Gasteiger partial charge in [-0.15, -0.1) is 0 Å². The van der Waals surface area contributed by atoms with E-state index in [1.165, 1.54) is 0 Å². The average molecular weight is 426 g/mol. The van der Waals surface area contributed by atoms with Crippen molar-refractivity contribution in [2.75, 3.05) is 0 Å². The van der Waals surface area contributed by atoms with Crippen LogP contribution in [0.5, 0.6) is 11.5 Å². The van der Waals surface area contributed by atoms with Crippen molar-refractivity contribution in [3.05, 3.63) is 58.7 Å². The van der Waals surface area contributed by atoms with Crippen LogP contribution in [0.1, 0.15) is 63.8 Å². The first-order valence-electron chi connectivity index (χ1n) is 10.1. The molecule has 2 aromatic rings. The van der Waals surface area contributed by atoms with Gasteiger partial charge in [-0.05, 0) is 58.4 Å². The number of rotatable bonds is 3. The van der Waals surface area contributed by atoms with Crippen molar-refractivity contribution in [2.24, 2.45) is 10.7 Å². The zero-order chi connectivity index (χ0) is 23.2. The number of benzene rings is 2. The fourth-order valence-corrected chi connectivity index (χ4v) is 3.67. The fraction of sp³-hybridized carbons (Fsp3) is 0.391. The molecule has 8 nitrogen and oxygen atoms in total. The van der Waals surface area contributed by atoms with E-state index in [9.17, 15) is 10.2 Å². The van der Waals surface area contributed by atoms with Crippen molar-refractivity contribution in [1.82, 2.24) is 10.8 Å². The lowest BCUT2D eigenvalue weighted by molar-refractivity contribution is -0.0720. The molecule has 0 spiro atoms. The Kier molecular flexibility index (Phi) is 5.40. The Balaban J connectivity index is 2.24. The predicted octanol–water partition coefficient (Wildman–Crippen LogP) is 3.27. The van der Waals surface area contributed by atoms with E-state index in [2.05, 4.69) is 10.8 Å². The Morgan fingerprint density at radius 1 is 1.00 bits per heavy atom. The molecule has 1 heterocycles. The second-order valence-electron chi connectivity index (χ2n) is 9.81. The highest BCUT2D eigenvalue weighted by Crippen LogP contribution is 2.39. The van der Waals surface area contributed by atoms with Crippen LogP contribution < -0.4 is 16.5 Å². The highest BCUT2D eigenvalue weighted by molar-refractivity contribution is 6.01. The number of nitrogens with zero attached hydrogens (tertiary/aromatic N) is 1. The zero-order valence-electron chi connectivity index (χ0n) is 18.8. The molecule has 3 rings (SSSR count). The summed E-state index contributed by atoms with van der Waals surface area (Å²) in [6.07, 6.45) is 0. The van der Waals surface area contributed by atoms with Crippen molar-refractivity contribution in [3.8, 4) is 11.5 Å². The summed E-state index contributed by atoms with van der Waals surface area (Å²) < 4.78 is 0. The Morgan fingerprint density at radius 3 is 2.10 bits per heavy atom. The summed E-state index contributed by atoms with van der Waals surface area (Å²) in [6, 6.07) is 9.99. The van der Waals surface area contributed by atoms with Crippen LogP contribution in [-0.4, -0.2) is 22.0 Å². The zero-order valence-corrected chi connectivity index (χ0v) is 18.8. The van der Waals surface area contributed by atoms with Gasteiger partial charge < -0.3 is 21.3 Å². The largest absolute Gasteiger partial charge is 0.508 e. The summed E-state index contributed by atoms with van der Waals surface area (Å²) in [5.74, 6) is -1.11. The maximum absolute atomic E-state index is 10.1. The lowest BCUT2D eigenvalue weighted by Gasteiger charge is -2.32. The molecule has 0 aromatic heterocycles.